The summed E-state index contributed by atoms with van der Waals surface area (Å²) in [7, 11) is 1.42. The fraction of sp³-hybridized carbons (Fsp3) is 0.381. The molecule has 134 valence electrons. The Morgan fingerprint density at radius 1 is 1.04 bits per heavy atom. The number of ether oxygens (including phenoxy) is 2. The van der Waals surface area contributed by atoms with Crippen LogP contribution in [0.1, 0.15) is 35.6 Å². The third-order valence-corrected chi connectivity index (χ3v) is 4.16. The van der Waals surface area contributed by atoms with Crippen molar-refractivity contribution in [3.05, 3.63) is 58.7 Å². The van der Waals surface area contributed by atoms with E-state index in [9.17, 15) is 4.79 Å². The van der Waals surface area contributed by atoms with Gasteiger partial charge in [-0.1, -0.05) is 19.1 Å². The molecule has 25 heavy (non-hydrogen) atoms. The lowest BCUT2D eigenvalue weighted by Gasteiger charge is -2.13. The topological polar surface area (TPSA) is 61.5 Å². The maximum atomic E-state index is 11.4. The zero-order valence-corrected chi connectivity index (χ0v) is 15.3. The molecule has 0 amide bonds. The highest BCUT2D eigenvalue weighted by atomic mass is 16.5. The molecule has 0 unspecified atom stereocenters. The normalized spacial score (nSPS) is 10.6. The molecule has 0 radical (unpaired) electrons. The smallest absolute Gasteiger partial charge is 0.305 e. The van der Waals surface area contributed by atoms with E-state index >= 15 is 0 Å². The zero-order valence-electron chi connectivity index (χ0n) is 15.3. The number of benzene rings is 2. The van der Waals surface area contributed by atoms with Crippen LogP contribution in [0.15, 0.2) is 36.4 Å². The molecule has 0 aliphatic carbocycles. The van der Waals surface area contributed by atoms with Crippen molar-refractivity contribution in [3.8, 4) is 11.5 Å². The fourth-order valence-corrected chi connectivity index (χ4v) is 2.91. The first-order chi connectivity index (χ1) is 12.0. The van der Waals surface area contributed by atoms with Crippen molar-refractivity contribution in [1.82, 2.24) is 0 Å². The molecule has 2 aromatic carbocycles. The molecular weight excluding hydrogens is 314 g/mol. The number of hydrogen-bond donors (Lipinski definition) is 1. The molecule has 2 N–H and O–H groups in total. The van der Waals surface area contributed by atoms with E-state index < -0.39 is 0 Å². The monoisotopic (exact) mass is 341 g/mol. The van der Waals surface area contributed by atoms with Crippen molar-refractivity contribution in [2.24, 2.45) is 5.73 Å². The Bertz CT molecular complexity index is 725. The van der Waals surface area contributed by atoms with Crippen molar-refractivity contribution in [2.75, 3.05) is 13.7 Å². The lowest BCUT2D eigenvalue weighted by molar-refractivity contribution is -0.140. The Balaban J connectivity index is 2.16. The SMILES string of the molecule is CCc1cc(Oc2cc(C)cc(CCN)c2)ccc1CCC(=O)OC. The molecule has 0 spiro atoms. The van der Waals surface area contributed by atoms with E-state index in [2.05, 4.69) is 26.0 Å². The lowest BCUT2D eigenvalue weighted by atomic mass is 10.0. The molecule has 0 saturated heterocycles. The number of nitrogens with two attached hydrogens (primary N) is 1. The summed E-state index contributed by atoms with van der Waals surface area (Å²) in [6.45, 7) is 4.78. The minimum absolute atomic E-state index is 0.186. The molecule has 4 heteroatoms. The second kappa shape index (κ2) is 9.23. The summed E-state index contributed by atoms with van der Waals surface area (Å²) in [5.74, 6) is 1.45. The Morgan fingerprint density at radius 2 is 1.84 bits per heavy atom. The number of aryl methyl sites for hydroxylation is 3. The molecule has 0 bridgehead atoms. The Labute approximate surface area is 150 Å². The highest BCUT2D eigenvalue weighted by molar-refractivity contribution is 5.69. The number of carbonyl (C=O) groups is 1. The second-order valence-corrected chi connectivity index (χ2v) is 6.16. The third kappa shape index (κ3) is 5.61. The van der Waals surface area contributed by atoms with Crippen LogP contribution in [0.2, 0.25) is 0 Å². The average Bonchev–Trinajstić information content (AvgIpc) is 2.59. The van der Waals surface area contributed by atoms with Crippen LogP contribution in [-0.2, 0) is 28.8 Å². The van der Waals surface area contributed by atoms with E-state index in [0.29, 0.717) is 19.4 Å². The first-order valence-corrected chi connectivity index (χ1v) is 8.72. The van der Waals surface area contributed by atoms with Gasteiger partial charge in [0.25, 0.3) is 0 Å². The number of methoxy groups -OCH3 is 1. The van der Waals surface area contributed by atoms with Crippen LogP contribution in [0.25, 0.3) is 0 Å². The van der Waals surface area contributed by atoms with Gasteiger partial charge in [0.2, 0.25) is 0 Å². The van der Waals surface area contributed by atoms with Gasteiger partial charge in [0.15, 0.2) is 0 Å². The molecule has 0 saturated carbocycles. The van der Waals surface area contributed by atoms with Crippen LogP contribution < -0.4 is 10.5 Å². The first-order valence-electron chi connectivity index (χ1n) is 8.72. The van der Waals surface area contributed by atoms with Gasteiger partial charge < -0.3 is 15.2 Å². The summed E-state index contributed by atoms with van der Waals surface area (Å²) >= 11 is 0. The second-order valence-electron chi connectivity index (χ2n) is 6.16. The van der Waals surface area contributed by atoms with Crippen molar-refractivity contribution < 1.29 is 14.3 Å². The van der Waals surface area contributed by atoms with Gasteiger partial charge >= 0.3 is 5.97 Å². The van der Waals surface area contributed by atoms with Gasteiger partial charge in [-0.05, 0) is 79.3 Å². The molecule has 2 rings (SSSR count). The molecule has 4 nitrogen and oxygen atoms in total. The summed E-state index contributed by atoms with van der Waals surface area (Å²) in [4.78, 5) is 11.4. The highest BCUT2D eigenvalue weighted by Crippen LogP contribution is 2.27. The quantitative estimate of drug-likeness (QED) is 0.738. The van der Waals surface area contributed by atoms with Crippen LogP contribution in [0.5, 0.6) is 11.5 Å². The molecule has 0 aliphatic rings. The maximum absolute atomic E-state index is 11.4. The van der Waals surface area contributed by atoms with Crippen LogP contribution in [0, 0.1) is 6.92 Å². The van der Waals surface area contributed by atoms with E-state index in [0.717, 1.165) is 35.5 Å². The van der Waals surface area contributed by atoms with Gasteiger partial charge in [-0.2, -0.15) is 0 Å². The van der Waals surface area contributed by atoms with Crippen molar-refractivity contribution in [1.29, 1.82) is 0 Å². The predicted molar refractivity (Wildman–Crippen MR) is 100 cm³/mol. The highest BCUT2D eigenvalue weighted by Gasteiger charge is 2.08. The average molecular weight is 341 g/mol. The van der Waals surface area contributed by atoms with E-state index in [4.69, 9.17) is 15.2 Å². The van der Waals surface area contributed by atoms with Gasteiger partial charge in [-0.25, -0.2) is 0 Å². The summed E-state index contributed by atoms with van der Waals surface area (Å²) in [5.41, 5.74) is 10.3. The van der Waals surface area contributed by atoms with Gasteiger partial charge in [0.1, 0.15) is 11.5 Å². The molecule has 0 atom stereocenters. The van der Waals surface area contributed by atoms with Gasteiger partial charge in [-0.3, -0.25) is 4.79 Å². The van der Waals surface area contributed by atoms with Crippen molar-refractivity contribution in [2.45, 2.75) is 39.5 Å². The minimum Gasteiger partial charge on any atom is -0.469 e. The van der Waals surface area contributed by atoms with E-state index in [-0.39, 0.29) is 5.97 Å². The van der Waals surface area contributed by atoms with Gasteiger partial charge in [0.05, 0.1) is 7.11 Å². The third-order valence-electron chi connectivity index (χ3n) is 4.16. The fourth-order valence-electron chi connectivity index (χ4n) is 2.91. The molecular formula is C21H27NO3. The number of esters is 1. The maximum Gasteiger partial charge on any atom is 0.305 e. The van der Waals surface area contributed by atoms with Crippen LogP contribution in [0.3, 0.4) is 0 Å². The van der Waals surface area contributed by atoms with Crippen LogP contribution in [-0.4, -0.2) is 19.6 Å². The van der Waals surface area contributed by atoms with Crippen LogP contribution in [0.4, 0.5) is 0 Å². The Hall–Kier alpha value is -2.33. The van der Waals surface area contributed by atoms with Gasteiger partial charge in [-0.15, -0.1) is 0 Å². The van der Waals surface area contributed by atoms with Crippen molar-refractivity contribution >= 4 is 5.97 Å². The largest absolute Gasteiger partial charge is 0.469 e. The predicted octanol–water partition coefficient (Wildman–Crippen LogP) is 3.96. The standard InChI is InChI=1S/C21H27NO3/c1-4-17-14-19(7-5-18(17)6-8-21(23)24-3)25-20-12-15(2)11-16(13-20)9-10-22/h5,7,11-14H,4,6,8-10,22H2,1-3H3. The minimum atomic E-state index is -0.186. The summed E-state index contributed by atoms with van der Waals surface area (Å²) in [6.07, 6.45) is 2.80. The van der Waals surface area contributed by atoms with E-state index in [1.807, 2.05) is 24.3 Å². The van der Waals surface area contributed by atoms with E-state index in [1.165, 1.54) is 18.2 Å². The lowest BCUT2D eigenvalue weighted by Crippen LogP contribution is -2.04. The molecule has 2 aromatic rings. The van der Waals surface area contributed by atoms with Gasteiger partial charge in [0, 0.05) is 6.42 Å². The van der Waals surface area contributed by atoms with Crippen LogP contribution >= 0.6 is 0 Å². The summed E-state index contributed by atoms with van der Waals surface area (Å²) in [6, 6.07) is 12.2. The Kier molecular flexibility index (Phi) is 7.02. The Morgan fingerprint density at radius 3 is 2.52 bits per heavy atom. The number of hydrogen-bond acceptors (Lipinski definition) is 4. The molecule has 0 fully saturated rings. The van der Waals surface area contributed by atoms with E-state index in [1.54, 1.807) is 0 Å². The molecule has 0 heterocycles. The number of carbonyl (C=O) groups excluding carboxylic acids is 1. The van der Waals surface area contributed by atoms with Crippen molar-refractivity contribution in [3.63, 3.8) is 0 Å². The molecule has 0 aliphatic heterocycles. The summed E-state index contributed by atoms with van der Waals surface area (Å²) < 4.78 is 10.8. The summed E-state index contributed by atoms with van der Waals surface area (Å²) in [5, 5.41) is 0. The molecule has 0 aromatic heterocycles. The first kappa shape index (κ1) is 19.0. The number of rotatable bonds is 8. The zero-order chi connectivity index (χ0) is 18.2.